The largest absolute Gasteiger partial charge is 0.384 e. The first-order valence-electron chi connectivity index (χ1n) is 6.09. The molecule has 0 bridgehead atoms. The summed E-state index contributed by atoms with van der Waals surface area (Å²) in [5.41, 5.74) is 20.7. The minimum absolute atomic E-state index is 0.0123. The van der Waals surface area contributed by atoms with Crippen LogP contribution in [0.5, 0.6) is 0 Å². The number of rotatable bonds is 5. The molecule has 0 saturated carbocycles. The van der Waals surface area contributed by atoms with Crippen LogP contribution in [-0.4, -0.2) is 11.7 Å². The molecular formula is C14H15N7. The number of hydrogen-bond acceptors (Lipinski definition) is 4. The van der Waals surface area contributed by atoms with Crippen LogP contribution in [0.1, 0.15) is 11.1 Å². The van der Waals surface area contributed by atoms with E-state index in [2.05, 4.69) is 5.22 Å². The van der Waals surface area contributed by atoms with Gasteiger partial charge in [0.25, 0.3) is 0 Å². The second kappa shape index (κ2) is 5.83. The van der Waals surface area contributed by atoms with Crippen LogP contribution in [0.4, 0.5) is 11.4 Å². The van der Waals surface area contributed by atoms with E-state index in [9.17, 15) is 0 Å². The Morgan fingerprint density at radius 1 is 0.762 bits per heavy atom. The average molecular weight is 281 g/mol. The van der Waals surface area contributed by atoms with Crippen LogP contribution in [0.25, 0.3) is 0 Å². The number of nitrogens with zero attached hydrogens (tertiary/aromatic N) is 2. The second-order valence-electron chi connectivity index (χ2n) is 4.33. The molecular weight excluding hydrogens is 266 g/mol. The van der Waals surface area contributed by atoms with Crippen molar-refractivity contribution in [3.8, 4) is 0 Å². The summed E-state index contributed by atoms with van der Waals surface area (Å²) in [5.74, 6) is -0.0246. The zero-order valence-corrected chi connectivity index (χ0v) is 11.2. The lowest BCUT2D eigenvalue weighted by molar-refractivity contribution is 0.921. The standard InChI is InChI=1S/C14H15N7/c15-13(16)9-1-5-11(6-2-9)21(20-19)12-7-3-10(4-8-12)14(17)18/h1-8,19H,(H3,15,16)(H3,17,18). The van der Waals surface area contributed by atoms with Gasteiger partial charge in [-0.1, -0.05) is 5.22 Å². The molecule has 7 N–H and O–H groups in total. The summed E-state index contributed by atoms with van der Waals surface area (Å²) >= 11 is 0. The molecule has 106 valence electrons. The minimum Gasteiger partial charge on any atom is -0.384 e. The quantitative estimate of drug-likeness (QED) is 0.248. The zero-order chi connectivity index (χ0) is 15.4. The van der Waals surface area contributed by atoms with Crippen molar-refractivity contribution >= 4 is 23.0 Å². The first-order valence-corrected chi connectivity index (χ1v) is 6.09. The van der Waals surface area contributed by atoms with Crippen molar-refractivity contribution in [2.75, 3.05) is 5.01 Å². The molecule has 0 saturated heterocycles. The van der Waals surface area contributed by atoms with Crippen LogP contribution >= 0.6 is 0 Å². The molecule has 7 heteroatoms. The Balaban J connectivity index is 2.32. The lowest BCUT2D eigenvalue weighted by atomic mass is 10.1. The van der Waals surface area contributed by atoms with E-state index in [1.807, 2.05) is 0 Å². The normalized spacial score (nSPS) is 9.90. The van der Waals surface area contributed by atoms with Crippen LogP contribution in [-0.2, 0) is 0 Å². The number of anilines is 2. The van der Waals surface area contributed by atoms with Crippen LogP contribution in [0.15, 0.2) is 53.8 Å². The summed E-state index contributed by atoms with van der Waals surface area (Å²) in [6, 6.07) is 13.7. The third-order valence-corrected chi connectivity index (χ3v) is 2.95. The fourth-order valence-corrected chi connectivity index (χ4v) is 1.83. The molecule has 0 amide bonds. The molecule has 0 unspecified atom stereocenters. The van der Waals surface area contributed by atoms with Crippen molar-refractivity contribution in [2.45, 2.75) is 0 Å². The van der Waals surface area contributed by atoms with Gasteiger partial charge < -0.3 is 11.5 Å². The van der Waals surface area contributed by atoms with Gasteiger partial charge in [-0.3, -0.25) is 10.8 Å². The molecule has 0 spiro atoms. The summed E-state index contributed by atoms with van der Waals surface area (Å²) < 4.78 is 0. The first-order chi connectivity index (χ1) is 10.0. The molecule has 2 aromatic carbocycles. The number of hydrogen-bond donors (Lipinski definition) is 5. The van der Waals surface area contributed by atoms with Gasteiger partial charge in [-0.05, 0) is 48.5 Å². The van der Waals surface area contributed by atoms with Gasteiger partial charge in [0.1, 0.15) is 11.7 Å². The number of nitrogen functional groups attached to an aromatic ring is 2. The SMILES string of the molecule is N=NN(c1ccc(C(=N)N)cc1)c1ccc(C(=N)N)cc1. The first kappa shape index (κ1) is 14.2. The average Bonchev–Trinajstić information content (AvgIpc) is 2.49. The lowest BCUT2D eigenvalue weighted by Crippen LogP contribution is -2.13. The van der Waals surface area contributed by atoms with Gasteiger partial charge >= 0.3 is 0 Å². The molecule has 0 aromatic heterocycles. The van der Waals surface area contributed by atoms with Crippen molar-refractivity contribution in [1.29, 1.82) is 16.3 Å². The summed E-state index contributed by atoms with van der Waals surface area (Å²) in [4.78, 5) is 0. The molecule has 0 aliphatic rings. The van der Waals surface area contributed by atoms with Crippen molar-refractivity contribution in [2.24, 2.45) is 16.7 Å². The minimum atomic E-state index is -0.0123. The number of nitrogens with two attached hydrogens (primary N) is 2. The van der Waals surface area contributed by atoms with Crippen molar-refractivity contribution in [3.05, 3.63) is 59.7 Å². The van der Waals surface area contributed by atoms with Crippen LogP contribution in [0, 0.1) is 16.3 Å². The predicted molar refractivity (Wildman–Crippen MR) is 82.2 cm³/mol. The molecule has 0 fully saturated rings. The molecule has 7 nitrogen and oxygen atoms in total. The summed E-state index contributed by atoms with van der Waals surface area (Å²) in [5, 5.41) is 19.6. The Kier molecular flexibility index (Phi) is 3.94. The van der Waals surface area contributed by atoms with E-state index in [0.29, 0.717) is 22.5 Å². The highest BCUT2D eigenvalue weighted by Crippen LogP contribution is 2.26. The van der Waals surface area contributed by atoms with Crippen LogP contribution in [0.2, 0.25) is 0 Å². The van der Waals surface area contributed by atoms with E-state index in [1.165, 1.54) is 5.01 Å². The molecule has 0 atom stereocenters. The Bertz CT molecular complexity index is 616. The van der Waals surface area contributed by atoms with E-state index < -0.39 is 0 Å². The Hall–Kier alpha value is -3.22. The fraction of sp³-hybridized carbons (Fsp3) is 0. The monoisotopic (exact) mass is 281 g/mol. The summed E-state index contributed by atoms with van der Waals surface area (Å²) in [6.07, 6.45) is 0. The molecule has 0 aliphatic carbocycles. The van der Waals surface area contributed by atoms with E-state index in [0.717, 1.165) is 0 Å². The van der Waals surface area contributed by atoms with Crippen LogP contribution < -0.4 is 16.5 Å². The third-order valence-electron chi connectivity index (χ3n) is 2.95. The van der Waals surface area contributed by atoms with E-state index in [1.54, 1.807) is 48.5 Å². The summed E-state index contributed by atoms with van der Waals surface area (Å²) in [6.45, 7) is 0. The third kappa shape index (κ3) is 3.03. The maximum Gasteiger partial charge on any atom is 0.122 e. The Morgan fingerprint density at radius 2 is 1.10 bits per heavy atom. The summed E-state index contributed by atoms with van der Waals surface area (Å²) in [7, 11) is 0. The smallest absolute Gasteiger partial charge is 0.122 e. The molecule has 2 aromatic rings. The van der Waals surface area contributed by atoms with Crippen molar-refractivity contribution < 1.29 is 0 Å². The van der Waals surface area contributed by atoms with Gasteiger partial charge in [-0.15, -0.1) is 0 Å². The second-order valence-corrected chi connectivity index (χ2v) is 4.33. The maximum absolute atomic E-state index is 7.36. The van der Waals surface area contributed by atoms with E-state index >= 15 is 0 Å². The van der Waals surface area contributed by atoms with Crippen LogP contribution in [0.3, 0.4) is 0 Å². The van der Waals surface area contributed by atoms with Gasteiger partial charge in [0.2, 0.25) is 0 Å². The van der Waals surface area contributed by atoms with Crippen molar-refractivity contribution in [1.82, 2.24) is 0 Å². The highest BCUT2D eigenvalue weighted by molar-refractivity contribution is 5.96. The molecule has 21 heavy (non-hydrogen) atoms. The van der Waals surface area contributed by atoms with Gasteiger partial charge in [0, 0.05) is 11.1 Å². The van der Waals surface area contributed by atoms with E-state index in [4.69, 9.17) is 27.8 Å². The number of nitrogens with one attached hydrogen (secondary N) is 3. The van der Waals surface area contributed by atoms with Gasteiger partial charge in [-0.2, -0.15) is 5.53 Å². The topological polar surface area (TPSA) is 139 Å². The highest BCUT2D eigenvalue weighted by Gasteiger charge is 2.09. The molecule has 0 heterocycles. The Morgan fingerprint density at radius 3 is 1.33 bits per heavy atom. The van der Waals surface area contributed by atoms with Crippen molar-refractivity contribution in [3.63, 3.8) is 0 Å². The van der Waals surface area contributed by atoms with E-state index in [-0.39, 0.29) is 11.7 Å². The number of benzene rings is 2. The highest BCUT2D eigenvalue weighted by atomic mass is 15.5. The lowest BCUT2D eigenvalue weighted by Gasteiger charge is -2.17. The predicted octanol–water partition coefficient (Wildman–Crippen LogP) is 2.34. The van der Waals surface area contributed by atoms with Gasteiger partial charge in [0.15, 0.2) is 0 Å². The molecule has 0 aliphatic heterocycles. The Labute approximate surface area is 121 Å². The number of amidine groups is 2. The fourth-order valence-electron chi connectivity index (χ4n) is 1.83. The van der Waals surface area contributed by atoms with Gasteiger partial charge in [-0.25, -0.2) is 5.01 Å². The molecule has 2 rings (SSSR count). The zero-order valence-electron chi connectivity index (χ0n) is 11.2. The maximum atomic E-state index is 7.36. The molecule has 0 radical (unpaired) electrons. The van der Waals surface area contributed by atoms with Gasteiger partial charge in [0.05, 0.1) is 11.4 Å².